The Morgan fingerprint density at radius 3 is 2.80 bits per heavy atom. The average Bonchev–Trinajstić information content (AvgIpc) is 1.97. The standard InChI is InChI=1S/C8H13NO/c1-2-3-4-5-6-7-9-8-10/h2H,1,3-7H2. The van der Waals surface area contributed by atoms with E-state index in [1.807, 2.05) is 6.08 Å². The van der Waals surface area contributed by atoms with Crippen molar-refractivity contribution in [3.8, 4) is 0 Å². The van der Waals surface area contributed by atoms with Crippen molar-refractivity contribution in [1.29, 1.82) is 0 Å². The number of hydrogen-bond acceptors (Lipinski definition) is 2. The second-order valence-electron chi connectivity index (χ2n) is 2.11. The first-order chi connectivity index (χ1) is 4.91. The van der Waals surface area contributed by atoms with Crippen molar-refractivity contribution < 1.29 is 4.79 Å². The van der Waals surface area contributed by atoms with Gasteiger partial charge in [0.25, 0.3) is 0 Å². The summed E-state index contributed by atoms with van der Waals surface area (Å²) < 4.78 is 0. The average molecular weight is 139 g/mol. The molecule has 0 saturated carbocycles. The summed E-state index contributed by atoms with van der Waals surface area (Å²) in [5.74, 6) is 0. The molecule has 0 aliphatic rings. The molecule has 56 valence electrons. The maximum Gasteiger partial charge on any atom is 0.234 e. The van der Waals surface area contributed by atoms with Gasteiger partial charge in [0, 0.05) is 0 Å². The molecule has 0 fully saturated rings. The van der Waals surface area contributed by atoms with Crippen LogP contribution in [0.1, 0.15) is 25.7 Å². The number of allylic oxidation sites excluding steroid dienone is 1. The van der Waals surface area contributed by atoms with E-state index in [9.17, 15) is 4.79 Å². The Hall–Kier alpha value is -0.880. The molecule has 0 heterocycles. The van der Waals surface area contributed by atoms with Crippen LogP contribution in [0.4, 0.5) is 0 Å². The predicted octanol–water partition coefficient (Wildman–Crippen LogP) is 2.07. The van der Waals surface area contributed by atoms with E-state index in [0.29, 0.717) is 6.54 Å². The fourth-order valence-corrected chi connectivity index (χ4v) is 0.702. The molecule has 0 amide bonds. The summed E-state index contributed by atoms with van der Waals surface area (Å²) in [7, 11) is 0. The number of aliphatic imine (C=N–C) groups is 1. The number of carbonyl (C=O) groups excluding carboxylic acids is 1. The zero-order chi connectivity index (χ0) is 7.66. The normalized spacial score (nSPS) is 8.40. The van der Waals surface area contributed by atoms with E-state index in [-0.39, 0.29) is 0 Å². The molecule has 0 aromatic rings. The maximum absolute atomic E-state index is 9.59. The molecule has 2 nitrogen and oxygen atoms in total. The van der Waals surface area contributed by atoms with E-state index in [2.05, 4.69) is 11.6 Å². The third kappa shape index (κ3) is 7.12. The molecule has 0 radical (unpaired) electrons. The summed E-state index contributed by atoms with van der Waals surface area (Å²) in [6, 6.07) is 0. The fraction of sp³-hybridized carbons (Fsp3) is 0.625. The topological polar surface area (TPSA) is 29.4 Å². The largest absolute Gasteiger partial charge is 0.234 e. The Morgan fingerprint density at radius 1 is 1.40 bits per heavy atom. The zero-order valence-electron chi connectivity index (χ0n) is 6.18. The summed E-state index contributed by atoms with van der Waals surface area (Å²) >= 11 is 0. The van der Waals surface area contributed by atoms with Gasteiger partial charge in [0.2, 0.25) is 6.08 Å². The van der Waals surface area contributed by atoms with E-state index in [1.54, 1.807) is 0 Å². The maximum atomic E-state index is 9.59. The van der Waals surface area contributed by atoms with Crippen LogP contribution in [0.15, 0.2) is 17.6 Å². The van der Waals surface area contributed by atoms with Crippen LogP contribution in [0.2, 0.25) is 0 Å². The lowest BCUT2D eigenvalue weighted by Gasteiger charge is -1.91. The van der Waals surface area contributed by atoms with Crippen LogP contribution >= 0.6 is 0 Å². The lowest BCUT2D eigenvalue weighted by molar-refractivity contribution is 0.561. The van der Waals surface area contributed by atoms with E-state index in [0.717, 1.165) is 25.7 Å². The highest BCUT2D eigenvalue weighted by atomic mass is 16.1. The summed E-state index contributed by atoms with van der Waals surface area (Å²) in [6.07, 6.45) is 7.74. The van der Waals surface area contributed by atoms with Gasteiger partial charge >= 0.3 is 0 Å². The van der Waals surface area contributed by atoms with Crippen LogP contribution in [-0.2, 0) is 4.79 Å². The molecule has 0 saturated heterocycles. The fourth-order valence-electron chi connectivity index (χ4n) is 0.702. The number of isocyanates is 1. The Kier molecular flexibility index (Phi) is 7.41. The summed E-state index contributed by atoms with van der Waals surface area (Å²) in [4.78, 5) is 13.0. The third-order valence-corrected chi connectivity index (χ3v) is 1.24. The molecule has 0 unspecified atom stereocenters. The number of unbranched alkanes of at least 4 members (excludes halogenated alkanes) is 3. The number of nitrogens with zero attached hydrogens (tertiary/aromatic N) is 1. The third-order valence-electron chi connectivity index (χ3n) is 1.24. The molecule has 0 bridgehead atoms. The zero-order valence-corrected chi connectivity index (χ0v) is 6.18. The monoisotopic (exact) mass is 139 g/mol. The van der Waals surface area contributed by atoms with Crippen LogP contribution in [0, 0.1) is 0 Å². The van der Waals surface area contributed by atoms with Crippen molar-refractivity contribution >= 4 is 6.08 Å². The van der Waals surface area contributed by atoms with Gasteiger partial charge in [-0.2, -0.15) is 0 Å². The van der Waals surface area contributed by atoms with Crippen molar-refractivity contribution in [1.82, 2.24) is 0 Å². The first-order valence-electron chi connectivity index (χ1n) is 3.56. The molecule has 0 atom stereocenters. The summed E-state index contributed by atoms with van der Waals surface area (Å²) in [6.45, 7) is 4.23. The Bertz CT molecular complexity index is 125. The smallest absolute Gasteiger partial charge is 0.211 e. The second-order valence-corrected chi connectivity index (χ2v) is 2.11. The van der Waals surface area contributed by atoms with Crippen LogP contribution in [-0.4, -0.2) is 12.6 Å². The van der Waals surface area contributed by atoms with Gasteiger partial charge < -0.3 is 0 Å². The van der Waals surface area contributed by atoms with E-state index < -0.39 is 0 Å². The highest BCUT2D eigenvalue weighted by Crippen LogP contribution is 1.99. The highest BCUT2D eigenvalue weighted by molar-refractivity contribution is 5.32. The molecule has 0 aromatic heterocycles. The molecule has 2 heteroatoms. The Labute approximate surface area is 61.7 Å². The Balaban J connectivity index is 2.90. The van der Waals surface area contributed by atoms with Crippen molar-refractivity contribution in [3.63, 3.8) is 0 Å². The summed E-state index contributed by atoms with van der Waals surface area (Å²) in [5.41, 5.74) is 0. The summed E-state index contributed by atoms with van der Waals surface area (Å²) in [5, 5.41) is 0. The minimum Gasteiger partial charge on any atom is -0.211 e. The highest BCUT2D eigenvalue weighted by Gasteiger charge is 1.84. The first kappa shape index (κ1) is 9.12. The van der Waals surface area contributed by atoms with Gasteiger partial charge in [-0.1, -0.05) is 12.5 Å². The number of rotatable bonds is 6. The lowest BCUT2D eigenvalue weighted by atomic mass is 10.2. The first-order valence-corrected chi connectivity index (χ1v) is 3.56. The Morgan fingerprint density at radius 2 is 2.20 bits per heavy atom. The molecule has 0 aromatic carbocycles. The van der Waals surface area contributed by atoms with Gasteiger partial charge in [-0.25, -0.2) is 9.79 Å². The second kappa shape index (κ2) is 8.12. The van der Waals surface area contributed by atoms with Crippen molar-refractivity contribution in [2.24, 2.45) is 4.99 Å². The van der Waals surface area contributed by atoms with E-state index in [4.69, 9.17) is 0 Å². The van der Waals surface area contributed by atoms with Gasteiger partial charge in [0.1, 0.15) is 0 Å². The van der Waals surface area contributed by atoms with Crippen LogP contribution in [0.3, 0.4) is 0 Å². The van der Waals surface area contributed by atoms with Gasteiger partial charge in [-0.05, 0) is 19.3 Å². The minimum absolute atomic E-state index is 0.626. The van der Waals surface area contributed by atoms with Gasteiger partial charge in [0.05, 0.1) is 6.54 Å². The van der Waals surface area contributed by atoms with Crippen molar-refractivity contribution in [2.45, 2.75) is 25.7 Å². The van der Waals surface area contributed by atoms with Crippen LogP contribution in [0.25, 0.3) is 0 Å². The molecule has 0 rings (SSSR count). The van der Waals surface area contributed by atoms with E-state index >= 15 is 0 Å². The molecular formula is C8H13NO. The SMILES string of the molecule is C=CCCCCCN=C=O. The molecule has 0 spiro atoms. The molecule has 10 heavy (non-hydrogen) atoms. The van der Waals surface area contributed by atoms with Gasteiger partial charge in [0.15, 0.2) is 0 Å². The molecular weight excluding hydrogens is 126 g/mol. The van der Waals surface area contributed by atoms with Crippen molar-refractivity contribution in [2.75, 3.05) is 6.54 Å². The van der Waals surface area contributed by atoms with Crippen LogP contribution < -0.4 is 0 Å². The molecule has 0 aliphatic carbocycles. The van der Waals surface area contributed by atoms with Crippen LogP contribution in [0.5, 0.6) is 0 Å². The molecule has 0 N–H and O–H groups in total. The lowest BCUT2D eigenvalue weighted by Crippen LogP contribution is -1.80. The predicted molar refractivity (Wildman–Crippen MR) is 41.7 cm³/mol. The molecule has 0 aliphatic heterocycles. The number of hydrogen-bond donors (Lipinski definition) is 0. The van der Waals surface area contributed by atoms with Gasteiger partial charge in [-0.3, -0.25) is 0 Å². The minimum atomic E-state index is 0.626. The van der Waals surface area contributed by atoms with E-state index in [1.165, 1.54) is 6.08 Å². The quantitative estimate of drug-likeness (QED) is 0.240. The van der Waals surface area contributed by atoms with Gasteiger partial charge in [-0.15, -0.1) is 6.58 Å². The van der Waals surface area contributed by atoms with Crippen molar-refractivity contribution in [3.05, 3.63) is 12.7 Å².